The van der Waals surface area contributed by atoms with Gasteiger partial charge in [0.15, 0.2) is 5.82 Å². The normalized spacial score (nSPS) is 15.9. The van der Waals surface area contributed by atoms with Gasteiger partial charge in [0.2, 0.25) is 23.6 Å². The molecule has 0 spiro atoms. The van der Waals surface area contributed by atoms with Crippen molar-refractivity contribution in [2.45, 2.75) is 150 Å². The molecule has 1 fully saturated rings. The van der Waals surface area contributed by atoms with Crippen LogP contribution in [0.4, 0.5) is 11.6 Å². The lowest BCUT2D eigenvalue weighted by Gasteiger charge is -2.35. The minimum absolute atomic E-state index is 0.00823. The van der Waals surface area contributed by atoms with Crippen LogP contribution in [0.3, 0.4) is 0 Å². The molecule has 7 rings (SSSR count). The summed E-state index contributed by atoms with van der Waals surface area (Å²) >= 11 is 1.58. The van der Waals surface area contributed by atoms with Crippen molar-refractivity contribution in [3.63, 3.8) is 0 Å². The number of carbonyl (C=O) groups is 5. The number of aromatic nitrogens is 6. The maximum atomic E-state index is 14.1. The Bertz CT molecular complexity index is 2750. The van der Waals surface area contributed by atoms with E-state index in [4.69, 9.17) is 9.97 Å². The summed E-state index contributed by atoms with van der Waals surface area (Å²) in [6.07, 6.45) is 5.38. The molecule has 74 heavy (non-hydrogen) atoms. The van der Waals surface area contributed by atoms with Crippen LogP contribution >= 0.6 is 11.3 Å². The summed E-state index contributed by atoms with van der Waals surface area (Å²) in [4.78, 5) is 87.8. The number of thiazole rings is 1. The second-order valence-electron chi connectivity index (χ2n) is 20.6. The number of aliphatic hydroxyl groups is 1. The number of rotatable bonds is 24. The van der Waals surface area contributed by atoms with E-state index in [2.05, 4.69) is 50.3 Å². The van der Waals surface area contributed by atoms with Gasteiger partial charge in [0.05, 0.1) is 40.0 Å². The fourth-order valence-corrected chi connectivity index (χ4v) is 10.0. The van der Waals surface area contributed by atoms with Crippen molar-refractivity contribution in [3.05, 3.63) is 88.4 Å². The van der Waals surface area contributed by atoms with Crippen LogP contribution in [0.25, 0.3) is 22.0 Å². The van der Waals surface area contributed by atoms with Gasteiger partial charge in [-0.25, -0.2) is 15.0 Å². The molecule has 396 valence electrons. The highest BCUT2D eigenvalue weighted by molar-refractivity contribution is 7.13. The highest BCUT2D eigenvalue weighted by atomic mass is 32.1. The number of hydrogen-bond donors (Lipinski definition) is 5. The molecule has 20 heteroatoms. The number of aryl methyl sites for hydroxylation is 2. The van der Waals surface area contributed by atoms with Gasteiger partial charge in [-0.3, -0.25) is 28.9 Å². The molecule has 0 unspecified atom stereocenters. The van der Waals surface area contributed by atoms with Crippen molar-refractivity contribution >= 4 is 52.5 Å². The summed E-state index contributed by atoms with van der Waals surface area (Å²) in [5.41, 5.74) is 6.92. The Labute approximate surface area is 438 Å². The van der Waals surface area contributed by atoms with E-state index in [9.17, 15) is 29.1 Å². The molecular formula is C54H73N13O6S. The van der Waals surface area contributed by atoms with E-state index in [-0.39, 0.29) is 55.6 Å². The smallest absolute Gasteiger partial charge is 0.260 e. The van der Waals surface area contributed by atoms with E-state index in [1.807, 2.05) is 105 Å². The molecule has 2 aliphatic rings. The summed E-state index contributed by atoms with van der Waals surface area (Å²) in [5, 5.41) is 31.2. The van der Waals surface area contributed by atoms with Gasteiger partial charge in [-0.05, 0) is 75.3 Å². The molecule has 0 radical (unpaired) electrons. The lowest BCUT2D eigenvalue weighted by Crippen LogP contribution is -2.57. The van der Waals surface area contributed by atoms with Crippen LogP contribution in [0.5, 0.6) is 0 Å². The molecule has 5 N–H and O–H groups in total. The SMILES string of the molecule is CCn1cnnc1-c1cccc(N2Cc3c(cc(N(C)C(C)C)nc3CNCCNC(=O)CCCCCCCC(=O)N[C@H](C(=O)N3C[C@H](O)C[C@H]3C(=O)NCc3ccc(-c4scnc4C)cc3)C(C)(C)C)C2=O)n1. The van der Waals surface area contributed by atoms with Crippen LogP contribution in [0.2, 0.25) is 0 Å². The highest BCUT2D eigenvalue weighted by Crippen LogP contribution is 2.33. The number of carbonyl (C=O) groups excluding carboxylic acids is 5. The van der Waals surface area contributed by atoms with Crippen molar-refractivity contribution in [1.29, 1.82) is 0 Å². The average Bonchev–Trinajstić information content (AvgIpc) is 4.20. The molecule has 1 aromatic carbocycles. The Hall–Kier alpha value is -6.64. The fourth-order valence-electron chi connectivity index (χ4n) is 9.21. The summed E-state index contributed by atoms with van der Waals surface area (Å²) in [7, 11) is 1.96. The molecule has 0 bridgehead atoms. The number of nitrogens with zero attached hydrogens (tertiary/aromatic N) is 9. The molecule has 19 nitrogen and oxygen atoms in total. The topological polar surface area (TPSA) is 233 Å². The Morgan fingerprint density at radius 2 is 1.66 bits per heavy atom. The molecule has 5 amide bonds. The third kappa shape index (κ3) is 13.7. The molecule has 5 aromatic rings. The lowest BCUT2D eigenvalue weighted by molar-refractivity contribution is -0.144. The fraction of sp³-hybridized carbons (Fsp3) is 0.519. The van der Waals surface area contributed by atoms with Crippen LogP contribution in [0, 0.1) is 12.3 Å². The first kappa shape index (κ1) is 55.1. The predicted octanol–water partition coefficient (Wildman–Crippen LogP) is 5.94. The molecule has 3 atom stereocenters. The summed E-state index contributed by atoms with van der Waals surface area (Å²) < 4.78 is 1.90. The first-order chi connectivity index (χ1) is 35.4. The summed E-state index contributed by atoms with van der Waals surface area (Å²) in [6.45, 7) is 16.4. The Balaban J connectivity index is 0.802. The number of benzene rings is 1. The first-order valence-corrected chi connectivity index (χ1v) is 26.8. The first-order valence-electron chi connectivity index (χ1n) is 25.9. The predicted molar refractivity (Wildman–Crippen MR) is 286 cm³/mol. The molecular weight excluding hydrogens is 959 g/mol. The molecule has 2 aliphatic heterocycles. The van der Waals surface area contributed by atoms with Gasteiger partial charge >= 0.3 is 0 Å². The van der Waals surface area contributed by atoms with E-state index < -0.39 is 29.5 Å². The minimum atomic E-state index is -0.891. The third-order valence-corrected chi connectivity index (χ3v) is 14.7. The van der Waals surface area contributed by atoms with Gasteiger partial charge in [0.1, 0.15) is 35.7 Å². The Kier molecular flexibility index (Phi) is 18.7. The zero-order valence-corrected chi connectivity index (χ0v) is 44.9. The van der Waals surface area contributed by atoms with Crippen LogP contribution in [-0.2, 0) is 45.4 Å². The van der Waals surface area contributed by atoms with Gasteiger partial charge in [-0.2, -0.15) is 0 Å². The van der Waals surface area contributed by atoms with Crippen LogP contribution in [0.1, 0.15) is 126 Å². The van der Waals surface area contributed by atoms with Crippen molar-refractivity contribution < 1.29 is 29.1 Å². The number of pyridine rings is 2. The maximum Gasteiger partial charge on any atom is 0.260 e. The van der Waals surface area contributed by atoms with E-state index in [0.717, 1.165) is 58.6 Å². The number of hydrogen-bond acceptors (Lipinski definition) is 14. The zero-order valence-electron chi connectivity index (χ0n) is 44.1. The summed E-state index contributed by atoms with van der Waals surface area (Å²) in [5.74, 6) is 0.695. The van der Waals surface area contributed by atoms with Crippen molar-refractivity contribution in [3.8, 4) is 22.0 Å². The maximum absolute atomic E-state index is 14.1. The number of likely N-dealkylation sites (tertiary alicyclic amines) is 1. The van der Waals surface area contributed by atoms with Gasteiger partial charge in [0, 0.05) is 77.2 Å². The quantitative estimate of drug-likeness (QED) is 0.0451. The largest absolute Gasteiger partial charge is 0.391 e. The van der Waals surface area contributed by atoms with E-state index in [0.29, 0.717) is 74.3 Å². The molecule has 0 aliphatic carbocycles. The van der Waals surface area contributed by atoms with Crippen LogP contribution < -0.4 is 31.1 Å². The molecule has 6 heterocycles. The summed E-state index contributed by atoms with van der Waals surface area (Å²) in [6, 6.07) is 13.7. The number of aliphatic hydroxyl groups excluding tert-OH is 1. The highest BCUT2D eigenvalue weighted by Gasteiger charge is 2.44. The number of amides is 5. The van der Waals surface area contributed by atoms with Crippen LogP contribution in [0.15, 0.2) is 60.4 Å². The monoisotopic (exact) mass is 1030 g/mol. The number of unbranched alkanes of at least 4 members (excludes halogenated alkanes) is 4. The Morgan fingerprint density at radius 3 is 2.35 bits per heavy atom. The minimum Gasteiger partial charge on any atom is -0.391 e. The Morgan fingerprint density at radius 1 is 0.932 bits per heavy atom. The molecule has 4 aromatic heterocycles. The van der Waals surface area contributed by atoms with Crippen molar-refractivity contribution in [2.24, 2.45) is 5.41 Å². The number of anilines is 2. The third-order valence-electron chi connectivity index (χ3n) is 13.8. The zero-order chi connectivity index (χ0) is 53.1. The number of β-amino-alcohol motifs (C(OH)–C–C–N with tert-alkyl or cyclic N) is 1. The lowest BCUT2D eigenvalue weighted by atomic mass is 9.85. The van der Waals surface area contributed by atoms with E-state index in [1.54, 1.807) is 22.6 Å². The second kappa shape index (κ2) is 25.1. The van der Waals surface area contributed by atoms with E-state index >= 15 is 0 Å². The standard InChI is InChI=1S/C54H73N13O6S/c1-9-65-32-59-63-50(65)41-16-15-17-44(60-41)67-31-40-39(52(67)72)27-45(64(8)34(2)3)61-42(40)29-55-24-25-56-46(69)18-13-11-10-12-14-19-47(70)62-49(54(5,6)7)53(73)66-30-38(68)26-43(66)51(71)57-28-36-20-22-37(23-21-36)48-35(4)58-33-74-48/h15-17,20-23,27,32-34,38,43,49,55,68H,9-14,18-19,24-26,28-31H2,1-8H3,(H,56,69)(H,57,71)(H,62,70)/t38-,43+,49-/m1/s1. The van der Waals surface area contributed by atoms with Crippen LogP contribution in [-0.4, -0.2) is 120 Å². The van der Waals surface area contributed by atoms with Crippen molar-refractivity contribution in [1.82, 2.24) is 55.9 Å². The second-order valence-corrected chi connectivity index (χ2v) is 21.5. The molecule has 1 saturated heterocycles. The average molecular weight is 1030 g/mol. The van der Waals surface area contributed by atoms with Crippen molar-refractivity contribution in [2.75, 3.05) is 36.5 Å². The van der Waals surface area contributed by atoms with Gasteiger partial charge in [-0.1, -0.05) is 70.4 Å². The molecule has 0 saturated carbocycles. The van der Waals surface area contributed by atoms with E-state index in [1.165, 1.54) is 4.90 Å². The number of fused-ring (bicyclic) bond motifs is 1. The van der Waals surface area contributed by atoms with Gasteiger partial charge in [-0.15, -0.1) is 21.5 Å². The van der Waals surface area contributed by atoms with Gasteiger partial charge < -0.3 is 40.7 Å². The van der Waals surface area contributed by atoms with Gasteiger partial charge in [0.25, 0.3) is 5.91 Å². The number of nitrogens with one attached hydrogen (secondary N) is 4.